The van der Waals surface area contributed by atoms with Gasteiger partial charge in [0.25, 0.3) is 11.6 Å². The van der Waals surface area contributed by atoms with Crippen molar-refractivity contribution in [1.29, 1.82) is 0 Å². The predicted molar refractivity (Wildman–Crippen MR) is 102 cm³/mol. The van der Waals surface area contributed by atoms with Gasteiger partial charge in [-0.05, 0) is 30.2 Å². The summed E-state index contributed by atoms with van der Waals surface area (Å²) in [5.74, 6) is 0.539. The number of rotatable bonds is 8. The van der Waals surface area contributed by atoms with E-state index >= 15 is 0 Å². The second kappa shape index (κ2) is 8.70. The third-order valence-corrected chi connectivity index (χ3v) is 5.03. The van der Waals surface area contributed by atoms with E-state index in [2.05, 4.69) is 5.32 Å². The molecule has 0 saturated heterocycles. The minimum atomic E-state index is -3.70. The molecule has 1 N–H and O–H groups in total. The molecule has 150 valence electrons. The summed E-state index contributed by atoms with van der Waals surface area (Å²) >= 11 is 0. The number of hydrogen-bond acceptors (Lipinski definition) is 7. The van der Waals surface area contributed by atoms with E-state index < -0.39 is 26.4 Å². The van der Waals surface area contributed by atoms with E-state index in [1.165, 1.54) is 14.2 Å². The van der Waals surface area contributed by atoms with Crippen molar-refractivity contribution < 1.29 is 27.6 Å². The van der Waals surface area contributed by atoms with Gasteiger partial charge in [-0.2, -0.15) is 0 Å². The molecule has 2 aromatic carbocycles. The Hall–Kier alpha value is -3.14. The largest absolute Gasteiger partial charge is 0.493 e. The summed E-state index contributed by atoms with van der Waals surface area (Å²) in [6.45, 7) is 0.241. The Morgan fingerprint density at radius 3 is 2.36 bits per heavy atom. The van der Waals surface area contributed by atoms with Crippen molar-refractivity contribution in [2.24, 2.45) is 0 Å². The van der Waals surface area contributed by atoms with Gasteiger partial charge >= 0.3 is 0 Å². The lowest BCUT2D eigenvalue weighted by Crippen LogP contribution is -2.26. The van der Waals surface area contributed by atoms with Gasteiger partial charge < -0.3 is 14.8 Å². The van der Waals surface area contributed by atoms with Gasteiger partial charge in [-0.1, -0.05) is 6.07 Å². The highest BCUT2D eigenvalue weighted by Crippen LogP contribution is 2.27. The van der Waals surface area contributed by atoms with E-state index in [1.807, 2.05) is 6.07 Å². The molecule has 0 radical (unpaired) electrons. The number of amides is 1. The highest BCUT2D eigenvalue weighted by Gasteiger charge is 2.19. The first kappa shape index (κ1) is 21.2. The fourth-order valence-electron chi connectivity index (χ4n) is 2.49. The SMILES string of the molecule is COc1ccc(CCNC(=O)c2cc([N+](=O)[O-])cc(S(C)(=O)=O)c2)cc1OC. The minimum Gasteiger partial charge on any atom is -0.493 e. The molecule has 0 unspecified atom stereocenters. The molecular weight excluding hydrogens is 388 g/mol. The molecule has 0 atom stereocenters. The molecule has 0 heterocycles. The Morgan fingerprint density at radius 1 is 1.11 bits per heavy atom. The van der Waals surface area contributed by atoms with Crippen LogP contribution in [0.25, 0.3) is 0 Å². The molecule has 0 aliphatic heterocycles. The molecule has 2 rings (SSSR count). The number of nitro benzene ring substituents is 1. The molecule has 0 fully saturated rings. The molecule has 2 aromatic rings. The molecule has 10 heteroatoms. The number of carbonyl (C=O) groups is 1. The number of nitro groups is 1. The summed E-state index contributed by atoms with van der Waals surface area (Å²) in [5.41, 5.74) is 0.323. The zero-order chi connectivity index (χ0) is 20.9. The first-order valence-corrected chi connectivity index (χ1v) is 10.0. The Balaban J connectivity index is 2.13. The van der Waals surface area contributed by atoms with Crippen LogP contribution in [0, 0.1) is 10.1 Å². The maximum absolute atomic E-state index is 12.3. The normalized spacial score (nSPS) is 11.0. The van der Waals surface area contributed by atoms with Crippen molar-refractivity contribution in [1.82, 2.24) is 5.32 Å². The fourth-order valence-corrected chi connectivity index (χ4v) is 3.17. The second-order valence-corrected chi connectivity index (χ2v) is 7.96. The Labute approximate surface area is 162 Å². The summed E-state index contributed by atoms with van der Waals surface area (Å²) in [6.07, 6.45) is 1.39. The van der Waals surface area contributed by atoms with Crippen LogP contribution < -0.4 is 14.8 Å². The third-order valence-electron chi connectivity index (χ3n) is 3.94. The van der Waals surface area contributed by atoms with Crippen molar-refractivity contribution in [3.63, 3.8) is 0 Å². The molecule has 0 saturated carbocycles. The van der Waals surface area contributed by atoms with Gasteiger partial charge in [-0.15, -0.1) is 0 Å². The Bertz CT molecular complexity index is 1000. The number of nitrogens with zero attached hydrogens (tertiary/aromatic N) is 1. The van der Waals surface area contributed by atoms with Crippen LogP contribution in [0.2, 0.25) is 0 Å². The first-order valence-electron chi connectivity index (χ1n) is 8.14. The summed E-state index contributed by atoms with van der Waals surface area (Å²) in [5, 5.41) is 13.7. The van der Waals surface area contributed by atoms with Gasteiger partial charge in [-0.25, -0.2) is 8.42 Å². The van der Waals surface area contributed by atoms with Crippen LogP contribution in [0.4, 0.5) is 5.69 Å². The van der Waals surface area contributed by atoms with Gasteiger partial charge in [0.2, 0.25) is 0 Å². The Kier molecular flexibility index (Phi) is 6.57. The fraction of sp³-hybridized carbons (Fsp3) is 0.278. The van der Waals surface area contributed by atoms with E-state index in [4.69, 9.17) is 9.47 Å². The predicted octanol–water partition coefficient (Wildman–Crippen LogP) is 1.99. The highest BCUT2D eigenvalue weighted by atomic mass is 32.2. The molecule has 0 spiro atoms. The van der Waals surface area contributed by atoms with Crippen LogP contribution in [0.15, 0.2) is 41.3 Å². The van der Waals surface area contributed by atoms with E-state index in [0.29, 0.717) is 17.9 Å². The quantitative estimate of drug-likeness (QED) is 0.523. The average Bonchev–Trinajstić information content (AvgIpc) is 2.66. The zero-order valence-corrected chi connectivity index (χ0v) is 16.4. The summed E-state index contributed by atoms with van der Waals surface area (Å²) in [6, 6.07) is 8.43. The number of benzene rings is 2. The standard InChI is InChI=1S/C18H20N2O7S/c1-26-16-5-4-12(8-17(16)27-2)6-7-19-18(21)13-9-14(20(22)23)11-15(10-13)28(3,24)25/h4-5,8-11H,6-7H2,1-3H3,(H,19,21). The number of methoxy groups -OCH3 is 2. The van der Waals surface area contributed by atoms with Crippen molar-refractivity contribution in [3.8, 4) is 11.5 Å². The topological polar surface area (TPSA) is 125 Å². The van der Waals surface area contributed by atoms with Gasteiger partial charge in [0.05, 0.1) is 24.0 Å². The Morgan fingerprint density at radius 2 is 1.79 bits per heavy atom. The summed E-state index contributed by atoms with van der Waals surface area (Å²) < 4.78 is 33.8. The zero-order valence-electron chi connectivity index (χ0n) is 15.6. The molecule has 28 heavy (non-hydrogen) atoms. The number of ether oxygens (including phenoxy) is 2. The van der Waals surface area contributed by atoms with Crippen molar-refractivity contribution >= 4 is 21.4 Å². The smallest absolute Gasteiger partial charge is 0.271 e. The van der Waals surface area contributed by atoms with Crippen LogP contribution in [-0.4, -0.2) is 46.3 Å². The highest BCUT2D eigenvalue weighted by molar-refractivity contribution is 7.90. The van der Waals surface area contributed by atoms with Crippen LogP contribution in [0.3, 0.4) is 0 Å². The lowest BCUT2D eigenvalue weighted by molar-refractivity contribution is -0.385. The van der Waals surface area contributed by atoms with Gasteiger partial charge in [0.15, 0.2) is 21.3 Å². The maximum atomic E-state index is 12.3. The molecule has 0 aliphatic rings. The van der Waals surface area contributed by atoms with Gasteiger partial charge in [0, 0.05) is 30.5 Å². The lowest BCUT2D eigenvalue weighted by Gasteiger charge is -2.10. The van der Waals surface area contributed by atoms with Crippen LogP contribution in [0.5, 0.6) is 11.5 Å². The number of sulfone groups is 1. The van der Waals surface area contributed by atoms with Crippen molar-refractivity contribution in [3.05, 3.63) is 57.6 Å². The number of non-ortho nitro benzene ring substituents is 1. The van der Waals surface area contributed by atoms with E-state index in [9.17, 15) is 23.3 Å². The lowest BCUT2D eigenvalue weighted by atomic mass is 10.1. The average molecular weight is 408 g/mol. The molecule has 0 aliphatic carbocycles. The molecule has 0 bridgehead atoms. The second-order valence-electron chi connectivity index (χ2n) is 5.94. The van der Waals surface area contributed by atoms with E-state index in [0.717, 1.165) is 30.0 Å². The van der Waals surface area contributed by atoms with Crippen LogP contribution >= 0.6 is 0 Å². The molecule has 0 aromatic heterocycles. The van der Waals surface area contributed by atoms with E-state index in [-0.39, 0.29) is 17.0 Å². The van der Waals surface area contributed by atoms with Gasteiger partial charge in [-0.3, -0.25) is 14.9 Å². The number of carbonyl (C=O) groups excluding carboxylic acids is 1. The third kappa shape index (κ3) is 5.19. The van der Waals surface area contributed by atoms with Crippen molar-refractivity contribution in [2.45, 2.75) is 11.3 Å². The monoisotopic (exact) mass is 408 g/mol. The van der Waals surface area contributed by atoms with Crippen molar-refractivity contribution in [2.75, 3.05) is 27.0 Å². The van der Waals surface area contributed by atoms with Gasteiger partial charge in [0.1, 0.15) is 0 Å². The summed E-state index contributed by atoms with van der Waals surface area (Å²) in [7, 11) is -0.655. The molecule has 1 amide bonds. The van der Waals surface area contributed by atoms with Crippen LogP contribution in [0.1, 0.15) is 15.9 Å². The first-order chi connectivity index (χ1) is 13.2. The summed E-state index contributed by atoms with van der Waals surface area (Å²) in [4.78, 5) is 22.3. The van der Waals surface area contributed by atoms with Crippen LogP contribution in [-0.2, 0) is 16.3 Å². The number of nitrogens with one attached hydrogen (secondary N) is 1. The minimum absolute atomic E-state index is 0.0954. The molecular formula is C18H20N2O7S. The number of hydrogen-bond donors (Lipinski definition) is 1. The maximum Gasteiger partial charge on any atom is 0.271 e. The van der Waals surface area contributed by atoms with E-state index in [1.54, 1.807) is 12.1 Å². The molecule has 9 nitrogen and oxygen atoms in total.